The maximum atomic E-state index is 4.38. The number of imidazole rings is 1. The fraction of sp³-hybridized carbons (Fsp3) is 0.308. The molecule has 2 heterocycles. The van der Waals surface area contributed by atoms with Crippen molar-refractivity contribution in [3.05, 3.63) is 52.5 Å². The van der Waals surface area contributed by atoms with E-state index in [1.165, 1.54) is 15.9 Å². The van der Waals surface area contributed by atoms with Crippen LogP contribution < -0.4 is 0 Å². The number of benzene rings is 1. The van der Waals surface area contributed by atoms with Crippen LogP contribution in [0.15, 0.2) is 41.1 Å². The molecule has 0 saturated carbocycles. The second kappa shape index (κ2) is 4.63. The van der Waals surface area contributed by atoms with Gasteiger partial charge in [-0.1, -0.05) is 34.1 Å². The molecule has 0 fully saturated rings. The number of rotatable bonds is 2. The van der Waals surface area contributed by atoms with E-state index in [0.29, 0.717) is 0 Å². The van der Waals surface area contributed by atoms with Crippen LogP contribution in [0.1, 0.15) is 11.4 Å². The first-order valence-corrected chi connectivity index (χ1v) is 6.58. The Morgan fingerprint density at radius 1 is 1.24 bits per heavy atom. The van der Waals surface area contributed by atoms with E-state index >= 15 is 0 Å². The molecule has 0 saturated heterocycles. The molecule has 1 aliphatic heterocycles. The minimum absolute atomic E-state index is 0.939. The van der Waals surface area contributed by atoms with Gasteiger partial charge in [-0.05, 0) is 11.6 Å². The first-order chi connectivity index (χ1) is 8.33. The van der Waals surface area contributed by atoms with E-state index in [9.17, 15) is 0 Å². The smallest absolute Gasteiger partial charge is 0.122 e. The summed E-state index contributed by atoms with van der Waals surface area (Å²) in [6.07, 6.45) is 3.95. The van der Waals surface area contributed by atoms with Crippen LogP contribution in [0, 0.1) is 0 Å². The van der Waals surface area contributed by atoms with Crippen LogP contribution in [0.2, 0.25) is 0 Å². The average Bonchev–Trinajstić information content (AvgIpc) is 2.79. The quantitative estimate of drug-likeness (QED) is 0.848. The van der Waals surface area contributed by atoms with Gasteiger partial charge in [-0.15, -0.1) is 0 Å². The first-order valence-electron chi connectivity index (χ1n) is 5.79. The van der Waals surface area contributed by atoms with Crippen LogP contribution in [0.5, 0.6) is 0 Å². The largest absolute Gasteiger partial charge is 0.333 e. The Morgan fingerprint density at radius 3 is 3.00 bits per heavy atom. The zero-order valence-corrected chi connectivity index (χ0v) is 11.1. The van der Waals surface area contributed by atoms with Crippen LogP contribution >= 0.6 is 15.9 Å². The van der Waals surface area contributed by atoms with Crippen molar-refractivity contribution in [1.29, 1.82) is 0 Å². The van der Waals surface area contributed by atoms with E-state index in [-0.39, 0.29) is 0 Å². The van der Waals surface area contributed by atoms with Gasteiger partial charge in [0.15, 0.2) is 0 Å². The van der Waals surface area contributed by atoms with Gasteiger partial charge in [0.2, 0.25) is 0 Å². The zero-order valence-electron chi connectivity index (χ0n) is 9.51. The molecule has 4 heteroatoms. The van der Waals surface area contributed by atoms with Crippen molar-refractivity contribution in [2.24, 2.45) is 0 Å². The number of hydrogen-bond donors (Lipinski definition) is 0. The van der Waals surface area contributed by atoms with Crippen LogP contribution in [0.4, 0.5) is 0 Å². The monoisotopic (exact) mass is 291 g/mol. The molecular weight excluding hydrogens is 278 g/mol. The van der Waals surface area contributed by atoms with E-state index < -0.39 is 0 Å². The van der Waals surface area contributed by atoms with Gasteiger partial charge >= 0.3 is 0 Å². The molecule has 0 N–H and O–H groups in total. The summed E-state index contributed by atoms with van der Waals surface area (Å²) in [5, 5.41) is 0. The van der Waals surface area contributed by atoms with Crippen LogP contribution in [0.3, 0.4) is 0 Å². The lowest BCUT2D eigenvalue weighted by molar-refractivity contribution is 0.208. The van der Waals surface area contributed by atoms with Gasteiger partial charge in [0.25, 0.3) is 0 Å². The van der Waals surface area contributed by atoms with Crippen LogP contribution in [0.25, 0.3) is 0 Å². The Morgan fingerprint density at radius 2 is 2.12 bits per heavy atom. The molecule has 0 unspecified atom stereocenters. The number of halogens is 1. The summed E-state index contributed by atoms with van der Waals surface area (Å²) in [6.45, 7) is 4.05. The molecule has 0 amide bonds. The number of nitrogens with zero attached hydrogens (tertiary/aromatic N) is 3. The molecule has 0 bridgehead atoms. The molecule has 0 aliphatic carbocycles. The van der Waals surface area contributed by atoms with Gasteiger partial charge in [0.05, 0.1) is 6.54 Å². The molecule has 1 aromatic carbocycles. The zero-order chi connectivity index (χ0) is 11.7. The predicted octanol–water partition coefficient (Wildman–Crippen LogP) is 2.66. The van der Waals surface area contributed by atoms with Crippen molar-refractivity contribution in [2.45, 2.75) is 19.6 Å². The van der Waals surface area contributed by atoms with Gasteiger partial charge in [-0.2, -0.15) is 0 Å². The van der Waals surface area contributed by atoms with Crippen molar-refractivity contribution < 1.29 is 0 Å². The van der Waals surface area contributed by atoms with Gasteiger partial charge < -0.3 is 4.57 Å². The summed E-state index contributed by atoms with van der Waals surface area (Å²) >= 11 is 3.60. The Balaban J connectivity index is 1.74. The minimum Gasteiger partial charge on any atom is -0.333 e. The first kappa shape index (κ1) is 11.0. The van der Waals surface area contributed by atoms with Gasteiger partial charge in [0, 0.05) is 36.5 Å². The Kier molecular flexibility index (Phi) is 2.99. The third-order valence-electron chi connectivity index (χ3n) is 3.18. The van der Waals surface area contributed by atoms with E-state index in [0.717, 1.165) is 26.2 Å². The van der Waals surface area contributed by atoms with Crippen LogP contribution in [-0.4, -0.2) is 21.0 Å². The maximum absolute atomic E-state index is 4.38. The number of fused-ring (bicyclic) bond motifs is 1. The SMILES string of the molecule is Brc1ccccc1CN1CCn2ccnc2C1. The molecule has 88 valence electrons. The predicted molar refractivity (Wildman–Crippen MR) is 70.5 cm³/mol. The molecule has 3 nitrogen and oxygen atoms in total. The van der Waals surface area contributed by atoms with E-state index in [2.05, 4.69) is 60.8 Å². The molecule has 0 spiro atoms. The van der Waals surface area contributed by atoms with Gasteiger partial charge in [0.1, 0.15) is 5.82 Å². The molecule has 1 aliphatic rings. The summed E-state index contributed by atoms with van der Waals surface area (Å²) in [4.78, 5) is 6.81. The van der Waals surface area contributed by atoms with Gasteiger partial charge in [-0.25, -0.2) is 4.98 Å². The lowest BCUT2D eigenvalue weighted by Crippen LogP contribution is -2.33. The fourth-order valence-corrected chi connectivity index (χ4v) is 2.64. The Bertz CT molecular complexity index is 521. The fourth-order valence-electron chi connectivity index (χ4n) is 2.23. The Labute approximate surface area is 109 Å². The third kappa shape index (κ3) is 2.28. The average molecular weight is 292 g/mol. The van der Waals surface area contributed by atoms with Gasteiger partial charge in [-0.3, -0.25) is 4.90 Å². The molecule has 0 radical (unpaired) electrons. The molecule has 17 heavy (non-hydrogen) atoms. The number of aromatic nitrogens is 2. The summed E-state index contributed by atoms with van der Waals surface area (Å²) in [7, 11) is 0. The maximum Gasteiger partial charge on any atom is 0.122 e. The highest BCUT2D eigenvalue weighted by Gasteiger charge is 2.16. The second-order valence-electron chi connectivity index (χ2n) is 4.34. The minimum atomic E-state index is 0.939. The Hall–Kier alpha value is -1.13. The van der Waals surface area contributed by atoms with Crippen molar-refractivity contribution >= 4 is 15.9 Å². The summed E-state index contributed by atoms with van der Waals surface area (Å²) in [5.41, 5.74) is 1.34. The van der Waals surface area contributed by atoms with Crippen molar-refractivity contribution in [2.75, 3.05) is 6.54 Å². The highest BCUT2D eigenvalue weighted by atomic mass is 79.9. The van der Waals surface area contributed by atoms with Crippen molar-refractivity contribution in [1.82, 2.24) is 14.5 Å². The molecule has 1 aromatic heterocycles. The van der Waals surface area contributed by atoms with Crippen molar-refractivity contribution in [3.8, 4) is 0 Å². The number of hydrogen-bond acceptors (Lipinski definition) is 2. The topological polar surface area (TPSA) is 21.1 Å². The highest BCUT2D eigenvalue weighted by molar-refractivity contribution is 9.10. The lowest BCUT2D eigenvalue weighted by atomic mass is 10.2. The standard InChI is InChI=1S/C13H14BrN3/c14-12-4-2-1-3-11(12)9-16-7-8-17-6-5-15-13(17)10-16/h1-6H,7-10H2. The normalized spacial score (nSPS) is 15.8. The summed E-state index contributed by atoms with van der Waals surface area (Å²) < 4.78 is 3.42. The third-order valence-corrected chi connectivity index (χ3v) is 3.95. The van der Waals surface area contributed by atoms with E-state index in [1.807, 2.05) is 6.20 Å². The molecular formula is C13H14BrN3. The lowest BCUT2D eigenvalue weighted by Gasteiger charge is -2.27. The molecule has 2 aromatic rings. The molecule has 3 rings (SSSR count). The van der Waals surface area contributed by atoms with Crippen molar-refractivity contribution in [3.63, 3.8) is 0 Å². The second-order valence-corrected chi connectivity index (χ2v) is 5.19. The van der Waals surface area contributed by atoms with Crippen LogP contribution in [-0.2, 0) is 19.6 Å². The van der Waals surface area contributed by atoms with E-state index in [1.54, 1.807) is 0 Å². The summed E-state index contributed by atoms with van der Waals surface area (Å²) in [5.74, 6) is 1.17. The summed E-state index contributed by atoms with van der Waals surface area (Å²) in [6, 6.07) is 8.41. The molecule has 0 atom stereocenters. The van der Waals surface area contributed by atoms with E-state index in [4.69, 9.17) is 0 Å². The highest BCUT2D eigenvalue weighted by Crippen LogP contribution is 2.20.